The molecule has 1 aliphatic rings. The fourth-order valence-corrected chi connectivity index (χ4v) is 5.18. The molecule has 0 saturated carbocycles. The summed E-state index contributed by atoms with van der Waals surface area (Å²) in [6, 6.07) is 10.3. The van der Waals surface area contributed by atoms with Gasteiger partial charge in [-0.15, -0.1) is 0 Å². The zero-order chi connectivity index (χ0) is 21.2. The largest absolute Gasteiger partial charge is 0.326 e. The lowest BCUT2D eigenvalue weighted by Crippen LogP contribution is -2.33. The lowest BCUT2D eigenvalue weighted by atomic mass is 10.0. The first-order valence-electron chi connectivity index (χ1n) is 9.37. The first kappa shape index (κ1) is 21.5. The Morgan fingerprint density at radius 3 is 2.62 bits per heavy atom. The summed E-state index contributed by atoms with van der Waals surface area (Å²) in [5.41, 5.74) is 3.17. The number of benzene rings is 2. The van der Waals surface area contributed by atoms with Gasteiger partial charge in [-0.05, 0) is 67.3 Å². The lowest BCUT2D eigenvalue weighted by molar-refractivity contribution is -0.117. The van der Waals surface area contributed by atoms with Crippen molar-refractivity contribution in [1.82, 2.24) is 0 Å². The molecule has 6 nitrogen and oxygen atoms in total. The first-order chi connectivity index (χ1) is 13.7. The highest BCUT2D eigenvalue weighted by atomic mass is 79.9. The molecule has 0 bridgehead atoms. The van der Waals surface area contributed by atoms with Crippen LogP contribution in [0.3, 0.4) is 0 Å². The third-order valence-corrected chi connectivity index (χ3v) is 7.18. The van der Waals surface area contributed by atoms with E-state index in [4.69, 9.17) is 0 Å². The summed E-state index contributed by atoms with van der Waals surface area (Å²) in [7, 11) is -3.61. The van der Waals surface area contributed by atoms with E-state index < -0.39 is 9.84 Å². The van der Waals surface area contributed by atoms with E-state index in [1.54, 1.807) is 23.1 Å². The molecule has 0 saturated heterocycles. The number of amides is 2. The molecular formula is C21H23BrN2O4S. The molecule has 29 heavy (non-hydrogen) atoms. The van der Waals surface area contributed by atoms with Crippen molar-refractivity contribution in [3.05, 3.63) is 52.0 Å². The van der Waals surface area contributed by atoms with Gasteiger partial charge in [-0.2, -0.15) is 0 Å². The van der Waals surface area contributed by atoms with E-state index in [9.17, 15) is 18.0 Å². The van der Waals surface area contributed by atoms with E-state index in [0.717, 1.165) is 34.1 Å². The van der Waals surface area contributed by atoms with Crippen LogP contribution in [0.15, 0.2) is 45.8 Å². The van der Waals surface area contributed by atoms with Gasteiger partial charge in [0.1, 0.15) is 0 Å². The fraction of sp³-hybridized carbons (Fsp3) is 0.333. The van der Waals surface area contributed by atoms with E-state index >= 15 is 0 Å². The van der Waals surface area contributed by atoms with Crippen molar-refractivity contribution in [2.45, 2.75) is 38.0 Å². The van der Waals surface area contributed by atoms with Gasteiger partial charge in [-0.1, -0.05) is 15.9 Å². The molecule has 0 radical (unpaired) electrons. The van der Waals surface area contributed by atoms with E-state index in [1.807, 2.05) is 19.1 Å². The van der Waals surface area contributed by atoms with Crippen LogP contribution in [0.1, 0.15) is 30.9 Å². The Labute approximate surface area is 179 Å². The molecule has 0 unspecified atom stereocenters. The van der Waals surface area contributed by atoms with Gasteiger partial charge in [0.05, 0.1) is 10.6 Å². The third kappa shape index (κ3) is 5.05. The second kappa shape index (κ2) is 8.67. The van der Waals surface area contributed by atoms with E-state index in [1.165, 1.54) is 13.0 Å². The molecule has 1 aliphatic heterocycles. The quantitative estimate of drug-likeness (QED) is 0.706. The number of aryl methyl sites for hydroxylation is 2. The van der Waals surface area contributed by atoms with Crippen LogP contribution < -0.4 is 10.2 Å². The van der Waals surface area contributed by atoms with Crippen LogP contribution in [0.25, 0.3) is 0 Å². The minimum absolute atomic E-state index is 0.0542. The Morgan fingerprint density at radius 2 is 1.93 bits per heavy atom. The summed E-state index contributed by atoms with van der Waals surface area (Å²) in [4.78, 5) is 25.9. The number of anilines is 2. The van der Waals surface area contributed by atoms with E-state index in [2.05, 4.69) is 21.2 Å². The van der Waals surface area contributed by atoms with Crippen molar-refractivity contribution >= 4 is 49.0 Å². The van der Waals surface area contributed by atoms with Crippen LogP contribution in [0.4, 0.5) is 11.4 Å². The number of nitrogens with one attached hydrogen (secondary N) is 1. The van der Waals surface area contributed by atoms with Crippen molar-refractivity contribution in [2.24, 2.45) is 0 Å². The third-order valence-electron chi connectivity index (χ3n) is 4.97. The Kier molecular flexibility index (Phi) is 6.43. The number of carbonyl (C=O) groups is 2. The molecule has 2 amide bonds. The SMILES string of the molecule is CC(=O)N1CCCc2cc(S(=O)(=O)CCC(=O)Nc3ccc(Br)cc3C)ccc21. The Bertz CT molecular complexity index is 1070. The Morgan fingerprint density at radius 1 is 1.17 bits per heavy atom. The van der Waals surface area contributed by atoms with Crippen LogP contribution in [-0.2, 0) is 25.8 Å². The fourth-order valence-electron chi connectivity index (χ4n) is 3.42. The highest BCUT2D eigenvalue weighted by Crippen LogP contribution is 2.30. The van der Waals surface area contributed by atoms with Crippen LogP contribution in [0.5, 0.6) is 0 Å². The maximum absolute atomic E-state index is 12.7. The minimum atomic E-state index is -3.61. The van der Waals surface area contributed by atoms with E-state index in [-0.39, 0.29) is 28.9 Å². The number of hydrogen-bond donors (Lipinski definition) is 1. The summed E-state index contributed by atoms with van der Waals surface area (Å²) in [5, 5.41) is 2.76. The van der Waals surface area contributed by atoms with Gasteiger partial charge in [0.15, 0.2) is 9.84 Å². The predicted molar refractivity (Wildman–Crippen MR) is 117 cm³/mol. The molecular weight excluding hydrogens is 456 g/mol. The van der Waals surface area contributed by atoms with Gasteiger partial charge in [0.2, 0.25) is 11.8 Å². The van der Waals surface area contributed by atoms with Crippen molar-refractivity contribution in [1.29, 1.82) is 0 Å². The van der Waals surface area contributed by atoms with Crippen molar-refractivity contribution in [3.63, 3.8) is 0 Å². The minimum Gasteiger partial charge on any atom is -0.326 e. The molecule has 0 fully saturated rings. The maximum Gasteiger partial charge on any atom is 0.225 e. The first-order valence-corrected chi connectivity index (χ1v) is 11.8. The van der Waals surface area contributed by atoms with Crippen molar-refractivity contribution in [2.75, 3.05) is 22.5 Å². The van der Waals surface area contributed by atoms with Crippen LogP contribution in [-0.4, -0.2) is 32.5 Å². The summed E-state index contributed by atoms with van der Waals surface area (Å²) in [6.45, 7) is 4.02. The molecule has 8 heteroatoms. The smallest absolute Gasteiger partial charge is 0.225 e. The number of halogens is 1. The van der Waals surface area contributed by atoms with Gasteiger partial charge in [-0.25, -0.2) is 8.42 Å². The Hall–Kier alpha value is -2.19. The summed E-state index contributed by atoms with van der Waals surface area (Å²) >= 11 is 3.37. The molecule has 0 aromatic heterocycles. The highest BCUT2D eigenvalue weighted by Gasteiger charge is 2.23. The lowest BCUT2D eigenvalue weighted by Gasteiger charge is -2.28. The van der Waals surface area contributed by atoms with Crippen LogP contribution in [0, 0.1) is 6.92 Å². The van der Waals surface area contributed by atoms with Gasteiger partial charge in [-0.3, -0.25) is 9.59 Å². The summed E-state index contributed by atoms with van der Waals surface area (Å²) < 4.78 is 26.4. The molecule has 0 atom stereocenters. The maximum atomic E-state index is 12.7. The molecule has 1 N–H and O–H groups in total. The monoisotopic (exact) mass is 478 g/mol. The molecule has 2 aromatic rings. The number of fused-ring (bicyclic) bond motifs is 1. The number of nitrogens with zero attached hydrogens (tertiary/aromatic N) is 1. The van der Waals surface area contributed by atoms with Gasteiger partial charge in [0, 0.05) is 35.7 Å². The second-order valence-electron chi connectivity index (χ2n) is 7.14. The molecule has 0 aliphatic carbocycles. The number of hydrogen-bond acceptors (Lipinski definition) is 4. The average molecular weight is 479 g/mol. The number of carbonyl (C=O) groups excluding carboxylic acids is 2. The standard InChI is InChI=1S/C21H23BrN2O4S/c1-14-12-17(22)5-7-19(14)23-21(26)9-11-29(27,28)18-6-8-20-16(13-18)4-3-10-24(20)15(2)25/h5-8,12-13H,3-4,9-11H2,1-2H3,(H,23,26). The summed E-state index contributed by atoms with van der Waals surface area (Å²) in [6.07, 6.45) is 1.39. The molecule has 2 aromatic carbocycles. The Balaban J connectivity index is 1.69. The molecule has 0 spiro atoms. The molecule has 3 rings (SSSR count). The van der Waals surface area contributed by atoms with Crippen molar-refractivity contribution < 1.29 is 18.0 Å². The second-order valence-corrected chi connectivity index (χ2v) is 10.2. The summed E-state index contributed by atoms with van der Waals surface area (Å²) in [5.74, 6) is -0.676. The van der Waals surface area contributed by atoms with E-state index in [0.29, 0.717) is 12.2 Å². The zero-order valence-corrected chi connectivity index (χ0v) is 18.8. The van der Waals surface area contributed by atoms with Crippen molar-refractivity contribution in [3.8, 4) is 0 Å². The zero-order valence-electron chi connectivity index (χ0n) is 16.4. The van der Waals surface area contributed by atoms with Gasteiger partial charge >= 0.3 is 0 Å². The van der Waals surface area contributed by atoms with Crippen LogP contribution >= 0.6 is 15.9 Å². The topological polar surface area (TPSA) is 83.6 Å². The predicted octanol–water partition coefficient (Wildman–Crippen LogP) is 3.86. The highest BCUT2D eigenvalue weighted by molar-refractivity contribution is 9.10. The van der Waals surface area contributed by atoms with Crippen LogP contribution in [0.2, 0.25) is 0 Å². The van der Waals surface area contributed by atoms with Gasteiger partial charge < -0.3 is 10.2 Å². The van der Waals surface area contributed by atoms with Gasteiger partial charge in [0.25, 0.3) is 0 Å². The number of sulfone groups is 1. The molecule has 1 heterocycles. The number of rotatable bonds is 5. The molecule has 154 valence electrons. The average Bonchev–Trinajstić information content (AvgIpc) is 2.67. The normalized spacial score (nSPS) is 13.7.